The minimum atomic E-state index is -0.293. The summed E-state index contributed by atoms with van der Waals surface area (Å²) in [4.78, 5) is 25.9. The number of carbonyl (C=O) groups excluding carboxylic acids is 2. The summed E-state index contributed by atoms with van der Waals surface area (Å²) in [5, 5.41) is 9.41. The van der Waals surface area contributed by atoms with Gasteiger partial charge in [0, 0.05) is 29.9 Å². The van der Waals surface area contributed by atoms with Gasteiger partial charge in [0.15, 0.2) is 5.78 Å². The molecule has 0 amide bonds. The first kappa shape index (κ1) is 16.6. The Bertz CT molecular complexity index is 683. The maximum absolute atomic E-state index is 12.3. The van der Waals surface area contributed by atoms with Gasteiger partial charge in [-0.2, -0.15) is 0 Å². The zero-order valence-corrected chi connectivity index (χ0v) is 15.9. The first-order valence-electron chi connectivity index (χ1n) is 10.0. The minimum absolute atomic E-state index is 0.0644. The van der Waals surface area contributed by atoms with E-state index in [9.17, 15) is 14.7 Å². The van der Waals surface area contributed by atoms with Gasteiger partial charge in [-0.15, -0.1) is 11.8 Å². The molecule has 6 atom stereocenters. The van der Waals surface area contributed by atoms with Crippen LogP contribution in [0.1, 0.15) is 58.3 Å². The molecule has 0 aromatic heterocycles. The normalized spacial score (nSPS) is 48.2. The number of aliphatic hydroxyl groups is 1. The molecule has 25 heavy (non-hydrogen) atoms. The Morgan fingerprint density at radius 2 is 2.08 bits per heavy atom. The number of Topliss-reactive ketones (excluding diaryl/α,β-unsaturated/α-hetero) is 2. The quantitative estimate of drug-likeness (QED) is 0.815. The number of ketones is 2. The highest BCUT2D eigenvalue weighted by Crippen LogP contribution is 2.71. The summed E-state index contributed by atoms with van der Waals surface area (Å²) in [6, 6.07) is 0. The van der Waals surface area contributed by atoms with Gasteiger partial charge in [-0.1, -0.05) is 6.92 Å². The van der Waals surface area contributed by atoms with Crippen molar-refractivity contribution in [3.05, 3.63) is 10.5 Å². The highest BCUT2D eigenvalue weighted by atomic mass is 32.2. The number of hydrogen-bond acceptors (Lipinski definition) is 4. The highest BCUT2D eigenvalue weighted by molar-refractivity contribution is 8.03. The SMILES string of the molecule is C[C@]12CCC3C(CC4=C5CC(=O)CC[C@@]53CS4)C1CCC2C(=O)CO. The van der Waals surface area contributed by atoms with Crippen molar-refractivity contribution in [2.45, 2.75) is 58.3 Å². The van der Waals surface area contributed by atoms with E-state index < -0.39 is 0 Å². The summed E-state index contributed by atoms with van der Waals surface area (Å²) < 4.78 is 0. The van der Waals surface area contributed by atoms with Crippen molar-refractivity contribution >= 4 is 23.3 Å². The van der Waals surface area contributed by atoms with E-state index in [-0.39, 0.29) is 23.7 Å². The van der Waals surface area contributed by atoms with E-state index in [1.807, 2.05) is 11.8 Å². The maximum atomic E-state index is 12.3. The van der Waals surface area contributed by atoms with Crippen LogP contribution in [0.3, 0.4) is 0 Å². The van der Waals surface area contributed by atoms with Gasteiger partial charge in [0.25, 0.3) is 0 Å². The summed E-state index contributed by atoms with van der Waals surface area (Å²) in [6.07, 6.45) is 8.16. The molecular weight excluding hydrogens is 332 g/mol. The second-order valence-corrected chi connectivity index (χ2v) is 10.5. The third-order valence-electron chi connectivity index (χ3n) is 8.78. The molecule has 4 heteroatoms. The first-order chi connectivity index (χ1) is 12.0. The fourth-order valence-electron chi connectivity index (χ4n) is 7.62. The number of carbonyl (C=O) groups is 2. The molecule has 0 aromatic rings. The fraction of sp³-hybridized carbons (Fsp3) is 0.810. The molecule has 136 valence electrons. The Kier molecular flexibility index (Phi) is 3.61. The van der Waals surface area contributed by atoms with E-state index in [2.05, 4.69) is 6.92 Å². The Morgan fingerprint density at radius 1 is 1.24 bits per heavy atom. The molecule has 1 aliphatic heterocycles. The van der Waals surface area contributed by atoms with Gasteiger partial charge in [-0.3, -0.25) is 9.59 Å². The van der Waals surface area contributed by atoms with Crippen molar-refractivity contribution in [1.29, 1.82) is 0 Å². The van der Waals surface area contributed by atoms with E-state index in [0.717, 1.165) is 50.9 Å². The van der Waals surface area contributed by atoms with Crippen LogP contribution in [0, 0.1) is 34.5 Å². The Balaban J connectivity index is 1.52. The molecule has 0 spiro atoms. The second kappa shape index (κ2) is 5.45. The van der Waals surface area contributed by atoms with Crippen LogP contribution < -0.4 is 0 Å². The number of thioether (sulfide) groups is 1. The van der Waals surface area contributed by atoms with E-state index >= 15 is 0 Å². The van der Waals surface area contributed by atoms with Gasteiger partial charge in [-0.05, 0) is 72.2 Å². The Labute approximate surface area is 154 Å². The highest BCUT2D eigenvalue weighted by Gasteiger charge is 2.63. The molecule has 0 aromatic carbocycles. The number of aliphatic hydroxyl groups excluding tert-OH is 1. The Morgan fingerprint density at radius 3 is 2.88 bits per heavy atom. The van der Waals surface area contributed by atoms with Crippen LogP contribution in [0.5, 0.6) is 0 Å². The summed E-state index contributed by atoms with van der Waals surface area (Å²) >= 11 is 2.04. The monoisotopic (exact) mass is 360 g/mol. The molecule has 1 N–H and O–H groups in total. The van der Waals surface area contributed by atoms with Gasteiger partial charge >= 0.3 is 0 Å². The summed E-state index contributed by atoms with van der Waals surface area (Å²) in [6.45, 7) is 2.04. The number of allylic oxidation sites excluding steroid dienone is 2. The molecule has 0 radical (unpaired) electrons. The van der Waals surface area contributed by atoms with Crippen molar-refractivity contribution < 1.29 is 14.7 Å². The molecule has 5 rings (SSSR count). The predicted molar refractivity (Wildman–Crippen MR) is 98.0 cm³/mol. The fourth-order valence-corrected chi connectivity index (χ4v) is 9.35. The molecule has 1 heterocycles. The molecule has 4 aliphatic carbocycles. The lowest BCUT2D eigenvalue weighted by molar-refractivity contribution is -0.133. The van der Waals surface area contributed by atoms with E-state index in [4.69, 9.17) is 0 Å². The van der Waals surface area contributed by atoms with Crippen LogP contribution in [0.15, 0.2) is 10.5 Å². The Hall–Kier alpha value is -0.610. The van der Waals surface area contributed by atoms with Crippen LogP contribution in [0.25, 0.3) is 0 Å². The van der Waals surface area contributed by atoms with Crippen molar-refractivity contribution in [2.75, 3.05) is 12.4 Å². The summed E-state index contributed by atoms with van der Waals surface area (Å²) in [5.41, 5.74) is 1.92. The maximum Gasteiger partial charge on any atom is 0.161 e. The van der Waals surface area contributed by atoms with E-state index in [0.29, 0.717) is 23.0 Å². The molecule has 4 unspecified atom stereocenters. The smallest absolute Gasteiger partial charge is 0.161 e. The predicted octanol–water partition coefficient (Wildman–Crippen LogP) is 3.75. The van der Waals surface area contributed by atoms with Gasteiger partial charge < -0.3 is 5.11 Å². The standard InChI is InChI=1S/C21H28O3S/c1-20-6-5-15-13(14(20)2-3-16(20)18(24)10-22)9-19-17-8-12(23)4-7-21(15,17)11-25-19/h13-16,22H,2-11H2,1H3/t13?,14?,15?,16?,20-,21-/m0/s1. The van der Waals surface area contributed by atoms with Crippen molar-refractivity contribution in [2.24, 2.45) is 34.5 Å². The van der Waals surface area contributed by atoms with Crippen molar-refractivity contribution in [3.63, 3.8) is 0 Å². The molecule has 5 aliphatic rings. The van der Waals surface area contributed by atoms with Crippen molar-refractivity contribution in [1.82, 2.24) is 0 Å². The molecule has 3 nitrogen and oxygen atoms in total. The van der Waals surface area contributed by atoms with Crippen LogP contribution in [-0.4, -0.2) is 29.0 Å². The van der Waals surface area contributed by atoms with Crippen molar-refractivity contribution in [3.8, 4) is 0 Å². The lowest BCUT2D eigenvalue weighted by Gasteiger charge is -2.56. The lowest BCUT2D eigenvalue weighted by atomic mass is 9.47. The van der Waals surface area contributed by atoms with E-state index in [1.54, 1.807) is 0 Å². The number of rotatable bonds is 2. The van der Waals surface area contributed by atoms with E-state index in [1.165, 1.54) is 22.7 Å². The molecule has 3 fully saturated rings. The second-order valence-electron chi connectivity index (χ2n) is 9.44. The lowest BCUT2D eigenvalue weighted by Crippen LogP contribution is -2.51. The van der Waals surface area contributed by atoms with Crippen LogP contribution in [-0.2, 0) is 9.59 Å². The third-order valence-corrected chi connectivity index (χ3v) is 10.2. The summed E-state index contributed by atoms with van der Waals surface area (Å²) in [5.74, 6) is 3.81. The van der Waals surface area contributed by atoms with Gasteiger partial charge in [0.1, 0.15) is 12.4 Å². The molecule has 3 saturated carbocycles. The first-order valence-corrected chi connectivity index (χ1v) is 11.0. The number of fused-ring (bicyclic) bond motifs is 3. The minimum Gasteiger partial charge on any atom is -0.389 e. The zero-order valence-electron chi connectivity index (χ0n) is 15.1. The zero-order chi connectivity index (χ0) is 17.4. The average molecular weight is 361 g/mol. The average Bonchev–Trinajstić information content (AvgIpc) is 3.08. The molecule has 2 bridgehead atoms. The van der Waals surface area contributed by atoms with Crippen LogP contribution in [0.4, 0.5) is 0 Å². The largest absolute Gasteiger partial charge is 0.389 e. The van der Waals surface area contributed by atoms with Gasteiger partial charge in [-0.25, -0.2) is 0 Å². The van der Waals surface area contributed by atoms with Crippen LogP contribution in [0.2, 0.25) is 0 Å². The molecule has 0 saturated heterocycles. The third kappa shape index (κ3) is 2.04. The molecular formula is C21H28O3S. The van der Waals surface area contributed by atoms with Crippen LogP contribution >= 0.6 is 11.8 Å². The van der Waals surface area contributed by atoms with Gasteiger partial charge in [0.2, 0.25) is 0 Å². The summed E-state index contributed by atoms with van der Waals surface area (Å²) in [7, 11) is 0. The topological polar surface area (TPSA) is 54.4 Å². The number of hydrogen-bond donors (Lipinski definition) is 1. The van der Waals surface area contributed by atoms with Gasteiger partial charge in [0.05, 0.1) is 0 Å².